The second-order valence-corrected chi connectivity index (χ2v) is 9.24. The van der Waals surface area contributed by atoms with Crippen molar-refractivity contribution in [2.75, 3.05) is 18.4 Å². The van der Waals surface area contributed by atoms with Crippen LogP contribution in [0.1, 0.15) is 49.7 Å². The molecule has 2 aromatic rings. The Morgan fingerprint density at radius 2 is 1.75 bits per heavy atom. The minimum atomic E-state index is -3.53. The maximum atomic E-state index is 13.0. The standard InChI is InChI=1S/C22H28N2O3S/c1-3-20(18-10-6-4-7-11-18)22(25)23-21-16-19(13-12-17(21)2)28(26,27)24-14-8-5-9-15-24/h4,6-7,10-13,16,20H,3,5,8-9,14-15H2,1-2H3,(H,23,25)/t20-/m1/s1. The van der Waals surface area contributed by atoms with E-state index < -0.39 is 10.0 Å². The van der Waals surface area contributed by atoms with E-state index in [0.717, 1.165) is 30.4 Å². The lowest BCUT2D eigenvalue weighted by Crippen LogP contribution is -2.35. The Morgan fingerprint density at radius 3 is 2.39 bits per heavy atom. The summed E-state index contributed by atoms with van der Waals surface area (Å²) in [7, 11) is -3.53. The summed E-state index contributed by atoms with van der Waals surface area (Å²) in [6.07, 6.45) is 3.52. The molecular weight excluding hydrogens is 372 g/mol. The van der Waals surface area contributed by atoms with Crippen LogP contribution in [0.15, 0.2) is 53.4 Å². The van der Waals surface area contributed by atoms with Crippen LogP contribution in [0.4, 0.5) is 5.69 Å². The Kier molecular flexibility index (Phi) is 6.52. The van der Waals surface area contributed by atoms with E-state index in [-0.39, 0.29) is 16.7 Å². The number of hydrogen-bond donors (Lipinski definition) is 1. The number of amides is 1. The van der Waals surface area contributed by atoms with Gasteiger partial charge in [-0.3, -0.25) is 4.79 Å². The normalized spacial score (nSPS) is 16.5. The minimum absolute atomic E-state index is 0.121. The van der Waals surface area contributed by atoms with Crippen LogP contribution in [0, 0.1) is 6.92 Å². The van der Waals surface area contributed by atoms with Crippen LogP contribution in [0.3, 0.4) is 0 Å². The molecule has 3 rings (SSSR count). The van der Waals surface area contributed by atoms with Gasteiger partial charge in [0.1, 0.15) is 0 Å². The molecule has 0 bridgehead atoms. The van der Waals surface area contributed by atoms with Crippen molar-refractivity contribution < 1.29 is 13.2 Å². The van der Waals surface area contributed by atoms with Gasteiger partial charge in [0.2, 0.25) is 15.9 Å². The number of rotatable bonds is 6. The number of sulfonamides is 1. The summed E-state index contributed by atoms with van der Waals surface area (Å²) in [5, 5.41) is 2.95. The smallest absolute Gasteiger partial charge is 0.243 e. The number of benzene rings is 2. The third-order valence-corrected chi connectivity index (χ3v) is 7.24. The van der Waals surface area contributed by atoms with E-state index in [1.54, 1.807) is 22.5 Å². The van der Waals surface area contributed by atoms with Crippen molar-refractivity contribution in [1.29, 1.82) is 0 Å². The molecule has 5 nitrogen and oxygen atoms in total. The van der Waals surface area contributed by atoms with Gasteiger partial charge < -0.3 is 5.32 Å². The molecular formula is C22H28N2O3S. The van der Waals surface area contributed by atoms with Crippen molar-refractivity contribution >= 4 is 21.6 Å². The maximum Gasteiger partial charge on any atom is 0.243 e. The number of aryl methyl sites for hydroxylation is 1. The summed E-state index contributed by atoms with van der Waals surface area (Å²) in [4.78, 5) is 13.1. The topological polar surface area (TPSA) is 66.5 Å². The number of nitrogens with zero attached hydrogens (tertiary/aromatic N) is 1. The van der Waals surface area contributed by atoms with E-state index in [0.29, 0.717) is 25.2 Å². The van der Waals surface area contributed by atoms with E-state index >= 15 is 0 Å². The molecule has 0 spiro atoms. The van der Waals surface area contributed by atoms with Gasteiger partial charge in [-0.05, 0) is 49.4 Å². The van der Waals surface area contributed by atoms with Crippen LogP contribution in [0.2, 0.25) is 0 Å². The van der Waals surface area contributed by atoms with Crippen LogP contribution in [0.5, 0.6) is 0 Å². The Labute approximate surface area is 167 Å². The lowest BCUT2D eigenvalue weighted by molar-refractivity contribution is -0.117. The van der Waals surface area contributed by atoms with E-state index in [9.17, 15) is 13.2 Å². The average molecular weight is 401 g/mol. The third-order valence-electron chi connectivity index (χ3n) is 5.35. The van der Waals surface area contributed by atoms with Crippen LogP contribution in [-0.4, -0.2) is 31.7 Å². The number of carbonyl (C=O) groups is 1. The largest absolute Gasteiger partial charge is 0.325 e. The fourth-order valence-corrected chi connectivity index (χ4v) is 5.17. The fraction of sp³-hybridized carbons (Fsp3) is 0.409. The van der Waals surface area contributed by atoms with Gasteiger partial charge in [0.05, 0.1) is 10.8 Å². The van der Waals surface area contributed by atoms with Crippen LogP contribution in [0.25, 0.3) is 0 Å². The van der Waals surface area contributed by atoms with Crippen molar-refractivity contribution in [3.8, 4) is 0 Å². The van der Waals surface area contributed by atoms with Crippen molar-refractivity contribution in [3.63, 3.8) is 0 Å². The molecule has 2 aromatic carbocycles. The van der Waals surface area contributed by atoms with Gasteiger partial charge in [0.15, 0.2) is 0 Å². The van der Waals surface area contributed by atoms with E-state index in [1.807, 2.05) is 44.2 Å². The number of hydrogen-bond acceptors (Lipinski definition) is 3. The summed E-state index contributed by atoms with van der Waals surface area (Å²) < 4.78 is 27.5. The highest BCUT2D eigenvalue weighted by molar-refractivity contribution is 7.89. The van der Waals surface area contributed by atoms with Gasteiger partial charge >= 0.3 is 0 Å². The van der Waals surface area contributed by atoms with Gasteiger partial charge in [0, 0.05) is 18.8 Å². The molecule has 1 aliphatic rings. The molecule has 1 amide bonds. The molecule has 150 valence electrons. The number of carbonyl (C=O) groups excluding carboxylic acids is 1. The molecule has 1 saturated heterocycles. The van der Waals surface area contributed by atoms with Crippen molar-refractivity contribution in [3.05, 3.63) is 59.7 Å². The fourth-order valence-electron chi connectivity index (χ4n) is 3.63. The zero-order valence-electron chi connectivity index (χ0n) is 16.5. The molecule has 1 aliphatic heterocycles. The highest BCUT2D eigenvalue weighted by Crippen LogP contribution is 2.27. The van der Waals surface area contributed by atoms with E-state index in [2.05, 4.69) is 5.32 Å². The molecule has 0 radical (unpaired) electrons. The predicted molar refractivity (Wildman–Crippen MR) is 112 cm³/mol. The van der Waals surface area contributed by atoms with Gasteiger partial charge in [-0.15, -0.1) is 0 Å². The molecule has 0 aliphatic carbocycles. The third kappa shape index (κ3) is 4.45. The minimum Gasteiger partial charge on any atom is -0.325 e. The zero-order valence-corrected chi connectivity index (χ0v) is 17.3. The van der Waals surface area contributed by atoms with Gasteiger partial charge in [0.25, 0.3) is 0 Å². The van der Waals surface area contributed by atoms with Crippen molar-refractivity contribution in [2.45, 2.75) is 50.3 Å². The van der Waals surface area contributed by atoms with Gasteiger partial charge in [-0.1, -0.05) is 49.7 Å². The second kappa shape index (κ2) is 8.88. The highest BCUT2D eigenvalue weighted by Gasteiger charge is 2.27. The van der Waals surface area contributed by atoms with Crippen LogP contribution >= 0.6 is 0 Å². The molecule has 0 saturated carbocycles. The molecule has 28 heavy (non-hydrogen) atoms. The predicted octanol–water partition coefficient (Wildman–Crippen LogP) is 4.30. The molecule has 1 N–H and O–H groups in total. The summed E-state index contributed by atoms with van der Waals surface area (Å²) >= 11 is 0. The van der Waals surface area contributed by atoms with E-state index in [4.69, 9.17) is 0 Å². The molecule has 6 heteroatoms. The monoisotopic (exact) mass is 400 g/mol. The van der Waals surface area contributed by atoms with Gasteiger partial charge in [-0.25, -0.2) is 8.42 Å². The lowest BCUT2D eigenvalue weighted by Gasteiger charge is -2.26. The number of piperidine rings is 1. The Morgan fingerprint density at radius 1 is 1.07 bits per heavy atom. The first-order valence-electron chi connectivity index (χ1n) is 9.90. The average Bonchev–Trinajstić information content (AvgIpc) is 2.71. The number of nitrogens with one attached hydrogen (secondary N) is 1. The molecule has 1 atom stereocenters. The number of anilines is 1. The first-order chi connectivity index (χ1) is 13.4. The first kappa shape index (κ1) is 20.6. The van der Waals surface area contributed by atoms with Crippen LogP contribution in [-0.2, 0) is 14.8 Å². The quantitative estimate of drug-likeness (QED) is 0.786. The zero-order chi connectivity index (χ0) is 20.1. The Bertz CT molecular complexity index is 920. The highest BCUT2D eigenvalue weighted by atomic mass is 32.2. The second-order valence-electron chi connectivity index (χ2n) is 7.30. The summed E-state index contributed by atoms with van der Waals surface area (Å²) in [6.45, 7) is 4.96. The SMILES string of the molecule is CC[C@@H](C(=O)Nc1cc(S(=O)(=O)N2CCCCC2)ccc1C)c1ccccc1. The Balaban J connectivity index is 1.84. The summed E-state index contributed by atoms with van der Waals surface area (Å²) in [6, 6.07) is 14.6. The summed E-state index contributed by atoms with van der Waals surface area (Å²) in [5.74, 6) is -0.396. The van der Waals surface area contributed by atoms with Crippen molar-refractivity contribution in [2.24, 2.45) is 0 Å². The summed E-state index contributed by atoms with van der Waals surface area (Å²) in [5.41, 5.74) is 2.35. The van der Waals surface area contributed by atoms with E-state index in [1.165, 1.54) is 0 Å². The lowest BCUT2D eigenvalue weighted by atomic mass is 9.95. The first-order valence-corrected chi connectivity index (χ1v) is 11.3. The molecule has 0 unspecified atom stereocenters. The molecule has 1 heterocycles. The maximum absolute atomic E-state index is 13.0. The van der Waals surface area contributed by atoms with Crippen molar-refractivity contribution in [1.82, 2.24) is 4.31 Å². The Hall–Kier alpha value is -2.18. The molecule has 1 fully saturated rings. The molecule has 0 aromatic heterocycles. The van der Waals surface area contributed by atoms with Crippen LogP contribution < -0.4 is 5.32 Å². The van der Waals surface area contributed by atoms with Gasteiger partial charge in [-0.2, -0.15) is 4.31 Å².